The molecular formula is C14H23N3O2. The number of carbonyl (C=O) groups is 1. The van der Waals surface area contributed by atoms with Crippen LogP contribution in [0.25, 0.3) is 0 Å². The first-order valence-corrected chi connectivity index (χ1v) is 6.53. The Bertz CT molecular complexity index is 401. The molecule has 2 atom stereocenters. The van der Waals surface area contributed by atoms with E-state index in [0.29, 0.717) is 6.42 Å². The Labute approximate surface area is 114 Å². The van der Waals surface area contributed by atoms with E-state index in [2.05, 4.69) is 36.1 Å². The molecule has 0 radical (unpaired) electrons. The summed E-state index contributed by atoms with van der Waals surface area (Å²) in [7, 11) is 0. The fourth-order valence-corrected chi connectivity index (χ4v) is 1.79. The van der Waals surface area contributed by atoms with E-state index in [1.807, 2.05) is 6.92 Å². The molecule has 2 N–H and O–H groups in total. The third-order valence-electron chi connectivity index (χ3n) is 3.01. The van der Waals surface area contributed by atoms with Gasteiger partial charge in [-0.3, -0.25) is 10.1 Å². The SMILES string of the molecule is CC(NC(CCC(C)(C)C)C(=O)O)c1cncnc1. The summed E-state index contributed by atoms with van der Waals surface area (Å²) < 4.78 is 0. The second kappa shape index (κ2) is 6.61. The molecule has 0 aliphatic rings. The summed E-state index contributed by atoms with van der Waals surface area (Å²) in [6.07, 6.45) is 6.33. The van der Waals surface area contributed by atoms with Crippen LogP contribution in [-0.4, -0.2) is 27.1 Å². The molecule has 0 bridgehead atoms. The molecule has 5 nitrogen and oxygen atoms in total. The van der Waals surface area contributed by atoms with Crippen molar-refractivity contribution in [2.75, 3.05) is 0 Å². The maximum atomic E-state index is 11.3. The van der Waals surface area contributed by atoms with Crippen molar-refractivity contribution in [2.45, 2.75) is 52.6 Å². The largest absolute Gasteiger partial charge is 0.480 e. The highest BCUT2D eigenvalue weighted by atomic mass is 16.4. The van der Waals surface area contributed by atoms with Gasteiger partial charge in [0.2, 0.25) is 0 Å². The maximum absolute atomic E-state index is 11.3. The lowest BCUT2D eigenvalue weighted by atomic mass is 9.88. The zero-order chi connectivity index (χ0) is 14.5. The fraction of sp³-hybridized carbons (Fsp3) is 0.643. The van der Waals surface area contributed by atoms with E-state index in [9.17, 15) is 9.90 Å². The molecule has 0 fully saturated rings. The van der Waals surface area contributed by atoms with Crippen LogP contribution in [-0.2, 0) is 4.79 Å². The third-order valence-corrected chi connectivity index (χ3v) is 3.01. The zero-order valence-corrected chi connectivity index (χ0v) is 12.1. The molecule has 1 rings (SSSR count). The predicted octanol–water partition coefficient (Wildman–Crippen LogP) is 2.41. The van der Waals surface area contributed by atoms with E-state index < -0.39 is 12.0 Å². The van der Waals surface area contributed by atoms with E-state index in [0.717, 1.165) is 12.0 Å². The Morgan fingerprint density at radius 2 is 1.95 bits per heavy atom. The molecule has 0 aliphatic carbocycles. The van der Waals surface area contributed by atoms with Crippen molar-refractivity contribution in [1.29, 1.82) is 0 Å². The highest BCUT2D eigenvalue weighted by molar-refractivity contribution is 5.73. The van der Waals surface area contributed by atoms with Crippen molar-refractivity contribution in [3.05, 3.63) is 24.3 Å². The number of nitrogens with zero attached hydrogens (tertiary/aromatic N) is 2. The topological polar surface area (TPSA) is 75.1 Å². The molecule has 0 saturated heterocycles. The van der Waals surface area contributed by atoms with Crippen molar-refractivity contribution in [1.82, 2.24) is 15.3 Å². The van der Waals surface area contributed by atoms with Crippen LogP contribution in [0.5, 0.6) is 0 Å². The number of hydrogen-bond acceptors (Lipinski definition) is 4. The number of nitrogens with one attached hydrogen (secondary N) is 1. The minimum absolute atomic E-state index is 0.0812. The molecule has 0 amide bonds. The highest BCUT2D eigenvalue weighted by Gasteiger charge is 2.22. The summed E-state index contributed by atoms with van der Waals surface area (Å²) in [4.78, 5) is 19.2. The van der Waals surface area contributed by atoms with E-state index in [1.165, 1.54) is 6.33 Å². The molecule has 0 aliphatic heterocycles. The van der Waals surface area contributed by atoms with Crippen LogP contribution in [0.2, 0.25) is 0 Å². The smallest absolute Gasteiger partial charge is 0.320 e. The number of aliphatic carboxylic acids is 1. The van der Waals surface area contributed by atoms with Crippen LogP contribution >= 0.6 is 0 Å². The quantitative estimate of drug-likeness (QED) is 0.826. The molecule has 1 aromatic heterocycles. The molecule has 0 saturated carbocycles. The molecule has 5 heteroatoms. The first-order chi connectivity index (χ1) is 8.79. The number of hydrogen-bond donors (Lipinski definition) is 2. The lowest BCUT2D eigenvalue weighted by Crippen LogP contribution is -2.39. The lowest BCUT2D eigenvalue weighted by molar-refractivity contribution is -0.140. The van der Waals surface area contributed by atoms with Gasteiger partial charge in [-0.25, -0.2) is 9.97 Å². The summed E-state index contributed by atoms with van der Waals surface area (Å²) in [6, 6.07) is -0.628. The van der Waals surface area contributed by atoms with Crippen LogP contribution in [0.1, 0.15) is 52.1 Å². The normalized spacial score (nSPS) is 14.9. The fourth-order valence-electron chi connectivity index (χ4n) is 1.79. The summed E-state index contributed by atoms with van der Waals surface area (Å²) in [6.45, 7) is 8.26. The average molecular weight is 265 g/mol. The van der Waals surface area contributed by atoms with Crippen molar-refractivity contribution in [3.8, 4) is 0 Å². The summed E-state index contributed by atoms with van der Waals surface area (Å²) >= 11 is 0. The van der Waals surface area contributed by atoms with Crippen molar-refractivity contribution in [3.63, 3.8) is 0 Å². The van der Waals surface area contributed by atoms with E-state index in [4.69, 9.17) is 0 Å². The van der Waals surface area contributed by atoms with E-state index >= 15 is 0 Å². The zero-order valence-electron chi connectivity index (χ0n) is 12.1. The van der Waals surface area contributed by atoms with E-state index in [-0.39, 0.29) is 11.5 Å². The van der Waals surface area contributed by atoms with Gasteiger partial charge in [0.15, 0.2) is 0 Å². The van der Waals surface area contributed by atoms with Gasteiger partial charge in [0.25, 0.3) is 0 Å². The van der Waals surface area contributed by atoms with Crippen LogP contribution in [0.3, 0.4) is 0 Å². The second-order valence-electron chi connectivity index (χ2n) is 6.05. The highest BCUT2D eigenvalue weighted by Crippen LogP contribution is 2.22. The van der Waals surface area contributed by atoms with Crippen LogP contribution in [0.4, 0.5) is 0 Å². The molecule has 0 spiro atoms. The average Bonchev–Trinajstić information content (AvgIpc) is 2.33. The molecule has 1 heterocycles. The van der Waals surface area contributed by atoms with Crippen LogP contribution in [0.15, 0.2) is 18.7 Å². The van der Waals surface area contributed by atoms with Crippen molar-refractivity contribution < 1.29 is 9.90 Å². The Balaban J connectivity index is 2.61. The van der Waals surface area contributed by atoms with Gasteiger partial charge in [-0.05, 0) is 25.2 Å². The maximum Gasteiger partial charge on any atom is 0.320 e. The first-order valence-electron chi connectivity index (χ1n) is 6.53. The Morgan fingerprint density at radius 3 is 2.42 bits per heavy atom. The van der Waals surface area contributed by atoms with Gasteiger partial charge in [0, 0.05) is 24.0 Å². The Morgan fingerprint density at radius 1 is 1.37 bits per heavy atom. The molecule has 1 aromatic rings. The van der Waals surface area contributed by atoms with Crippen LogP contribution < -0.4 is 5.32 Å². The third kappa shape index (κ3) is 5.79. The minimum Gasteiger partial charge on any atom is -0.480 e. The number of rotatable bonds is 6. The Kier molecular flexibility index (Phi) is 5.42. The lowest BCUT2D eigenvalue weighted by Gasteiger charge is -2.24. The van der Waals surface area contributed by atoms with Crippen molar-refractivity contribution >= 4 is 5.97 Å². The van der Waals surface area contributed by atoms with Gasteiger partial charge in [0.05, 0.1) is 0 Å². The number of carboxylic acid groups (broad SMARTS) is 1. The van der Waals surface area contributed by atoms with Crippen LogP contribution in [0, 0.1) is 5.41 Å². The summed E-state index contributed by atoms with van der Waals surface area (Å²) in [5, 5.41) is 12.4. The monoisotopic (exact) mass is 265 g/mol. The van der Waals surface area contributed by atoms with Gasteiger partial charge in [-0.2, -0.15) is 0 Å². The molecule has 106 valence electrons. The summed E-state index contributed by atoms with van der Waals surface area (Å²) in [5.41, 5.74) is 1.03. The minimum atomic E-state index is -0.812. The van der Waals surface area contributed by atoms with E-state index in [1.54, 1.807) is 12.4 Å². The summed E-state index contributed by atoms with van der Waals surface area (Å²) in [5.74, 6) is -0.812. The molecule has 2 unspecified atom stereocenters. The van der Waals surface area contributed by atoms with Gasteiger partial charge < -0.3 is 5.11 Å². The first kappa shape index (κ1) is 15.6. The second-order valence-corrected chi connectivity index (χ2v) is 6.05. The Hall–Kier alpha value is -1.49. The molecular weight excluding hydrogens is 242 g/mol. The van der Waals surface area contributed by atoms with Gasteiger partial charge in [0.1, 0.15) is 12.4 Å². The molecule has 0 aromatic carbocycles. The number of aromatic nitrogens is 2. The standard InChI is InChI=1S/C14H23N3O2/c1-10(11-7-15-9-16-8-11)17-12(13(18)19)5-6-14(2,3)4/h7-10,12,17H,5-6H2,1-4H3,(H,18,19). The molecule has 19 heavy (non-hydrogen) atoms. The van der Waals surface area contributed by atoms with Gasteiger partial charge in [-0.15, -0.1) is 0 Å². The number of carboxylic acids is 1. The van der Waals surface area contributed by atoms with Gasteiger partial charge >= 0.3 is 5.97 Å². The predicted molar refractivity (Wildman–Crippen MR) is 73.7 cm³/mol. The van der Waals surface area contributed by atoms with Crippen molar-refractivity contribution in [2.24, 2.45) is 5.41 Å². The van der Waals surface area contributed by atoms with Gasteiger partial charge in [-0.1, -0.05) is 20.8 Å².